The number of rotatable bonds is 12. The SMILES string of the molecule is [C-]#[N+]c1ccc(-c2ccc(-c3nc(-c4cccc(-c5ccc(C#N)cc5)c4)nc(-c4ccc(-c5ccc(C#N)cc5)c(-n5c6ccc(-c7ccccc7)cc6c6cc(-c7ccccc7)ccc65)c4)n3)cc2-n2c3ccc(-c4ccccc4)cc3c3cc(-c4ccccc4)ccc32)cc1. The number of benzene rings is 14. The van der Waals surface area contributed by atoms with Gasteiger partial charge >= 0.3 is 0 Å². The van der Waals surface area contributed by atoms with E-state index in [0.717, 1.165) is 150 Å². The summed E-state index contributed by atoms with van der Waals surface area (Å²) in [6, 6.07) is 118. The summed E-state index contributed by atoms with van der Waals surface area (Å²) in [4.78, 5) is 20.3. The summed E-state index contributed by atoms with van der Waals surface area (Å²) in [5.74, 6) is 1.38. The minimum atomic E-state index is 0.457. The quantitative estimate of drug-likeness (QED) is 0.113. The summed E-state index contributed by atoms with van der Waals surface area (Å²) in [5.41, 5.74) is 24.5. The molecule has 0 aliphatic heterocycles. The van der Waals surface area contributed by atoms with Crippen molar-refractivity contribution in [2.45, 2.75) is 0 Å². The predicted octanol–water partition coefficient (Wildman–Crippen LogP) is 23.0. The van der Waals surface area contributed by atoms with Gasteiger partial charge in [-0.25, -0.2) is 19.8 Å². The molecule has 8 nitrogen and oxygen atoms in total. The van der Waals surface area contributed by atoms with Gasteiger partial charge in [0, 0.05) is 49.4 Å². The van der Waals surface area contributed by atoms with Crippen molar-refractivity contribution < 1.29 is 0 Å². The summed E-state index contributed by atoms with van der Waals surface area (Å²) in [6.45, 7) is 7.89. The van der Waals surface area contributed by atoms with Crippen molar-refractivity contribution in [1.82, 2.24) is 24.1 Å². The Morgan fingerprint density at radius 2 is 0.531 bits per heavy atom. The Morgan fingerprint density at radius 3 is 0.878 bits per heavy atom. The molecule has 0 saturated heterocycles. The molecule has 0 atom stereocenters. The van der Waals surface area contributed by atoms with Crippen molar-refractivity contribution in [3.8, 4) is 136 Å². The monoisotopic (exact) mass is 1250 g/mol. The zero-order valence-electron chi connectivity index (χ0n) is 52.8. The van der Waals surface area contributed by atoms with E-state index in [2.05, 4.69) is 245 Å². The van der Waals surface area contributed by atoms with Gasteiger partial charge < -0.3 is 9.13 Å². The molecule has 3 aromatic heterocycles. The van der Waals surface area contributed by atoms with E-state index in [1.165, 1.54) is 0 Å². The lowest BCUT2D eigenvalue weighted by Crippen LogP contribution is -2.03. The van der Waals surface area contributed by atoms with Crippen molar-refractivity contribution >= 4 is 49.3 Å². The number of hydrogen-bond donors (Lipinski definition) is 0. The van der Waals surface area contributed by atoms with Crippen LogP contribution in [0.2, 0.25) is 0 Å². The maximum atomic E-state index is 10.0. The third-order valence-corrected chi connectivity index (χ3v) is 18.7. The van der Waals surface area contributed by atoms with E-state index in [9.17, 15) is 10.5 Å². The fraction of sp³-hybridized carbons (Fsp3) is 0. The van der Waals surface area contributed by atoms with Crippen LogP contribution in [0.15, 0.2) is 328 Å². The van der Waals surface area contributed by atoms with Crippen molar-refractivity contribution in [1.29, 1.82) is 10.5 Å². The molecule has 0 N–H and O–H groups in total. The topological polar surface area (TPSA) is 100 Å². The van der Waals surface area contributed by atoms with Crippen LogP contribution in [0.25, 0.3) is 172 Å². The van der Waals surface area contributed by atoms with Crippen LogP contribution in [0.4, 0.5) is 5.69 Å². The highest BCUT2D eigenvalue weighted by molar-refractivity contribution is 6.14. The highest BCUT2D eigenvalue weighted by Gasteiger charge is 2.24. The second-order valence-corrected chi connectivity index (χ2v) is 24.5. The molecule has 0 spiro atoms. The molecule has 3 heterocycles. The van der Waals surface area contributed by atoms with Crippen LogP contribution in [0, 0.1) is 29.2 Å². The molecule has 0 aliphatic rings. The van der Waals surface area contributed by atoms with Crippen molar-refractivity contribution in [2.24, 2.45) is 0 Å². The molecule has 0 fully saturated rings. The van der Waals surface area contributed by atoms with Crippen LogP contribution in [0.5, 0.6) is 0 Å². The van der Waals surface area contributed by atoms with Gasteiger partial charge in [-0.2, -0.15) is 10.5 Å². The minimum Gasteiger partial charge on any atom is -0.309 e. The summed E-state index contributed by atoms with van der Waals surface area (Å²) in [6.07, 6.45) is 0. The summed E-state index contributed by atoms with van der Waals surface area (Å²) >= 11 is 0. The van der Waals surface area contributed by atoms with E-state index in [-0.39, 0.29) is 0 Å². The fourth-order valence-electron chi connectivity index (χ4n) is 13.8. The summed E-state index contributed by atoms with van der Waals surface area (Å²) in [5, 5.41) is 24.2. The fourth-order valence-corrected chi connectivity index (χ4v) is 13.8. The molecule has 0 amide bonds. The normalized spacial score (nSPS) is 11.2. The zero-order chi connectivity index (χ0) is 65.6. The lowest BCUT2D eigenvalue weighted by Gasteiger charge is -2.18. The van der Waals surface area contributed by atoms with E-state index in [0.29, 0.717) is 34.3 Å². The Balaban J connectivity index is 0.913. The average molecular weight is 1250 g/mol. The van der Waals surface area contributed by atoms with Gasteiger partial charge in [0.15, 0.2) is 23.2 Å². The maximum Gasteiger partial charge on any atom is 0.187 e. The molecule has 14 aromatic carbocycles. The summed E-state index contributed by atoms with van der Waals surface area (Å²) < 4.78 is 4.73. The van der Waals surface area contributed by atoms with Crippen LogP contribution in [-0.2, 0) is 0 Å². The molecule has 17 rings (SSSR count). The first-order valence-electron chi connectivity index (χ1n) is 32.4. The maximum absolute atomic E-state index is 10.0. The molecule has 0 unspecified atom stereocenters. The highest BCUT2D eigenvalue weighted by Crippen LogP contribution is 2.44. The van der Waals surface area contributed by atoms with Gasteiger partial charge in [0.25, 0.3) is 0 Å². The molecule has 8 heteroatoms. The van der Waals surface area contributed by atoms with Gasteiger partial charge in [-0.3, -0.25) is 0 Å². The molecule has 0 radical (unpaired) electrons. The van der Waals surface area contributed by atoms with Gasteiger partial charge in [-0.1, -0.05) is 237 Å². The first-order valence-corrected chi connectivity index (χ1v) is 32.4. The van der Waals surface area contributed by atoms with Crippen LogP contribution in [0.1, 0.15) is 11.1 Å². The second-order valence-electron chi connectivity index (χ2n) is 24.5. The number of nitrogens with zero attached hydrogens (tertiary/aromatic N) is 8. The number of aromatic nitrogens is 5. The first kappa shape index (κ1) is 58.0. The molecule has 17 aromatic rings. The molecule has 0 aliphatic carbocycles. The molecule has 0 bridgehead atoms. The molecular formula is C90H54N8. The Labute approximate surface area is 566 Å². The third kappa shape index (κ3) is 10.6. The Morgan fingerprint density at radius 1 is 0.255 bits per heavy atom. The largest absolute Gasteiger partial charge is 0.309 e. The van der Waals surface area contributed by atoms with Crippen LogP contribution in [-0.4, -0.2) is 24.1 Å². The van der Waals surface area contributed by atoms with E-state index in [4.69, 9.17) is 21.5 Å². The lowest BCUT2D eigenvalue weighted by atomic mass is 9.99. The first-order chi connectivity index (χ1) is 48.4. The average Bonchev–Trinajstić information content (AvgIpc) is 1.56. The zero-order valence-corrected chi connectivity index (χ0v) is 52.8. The van der Waals surface area contributed by atoms with Crippen molar-refractivity contribution in [2.75, 3.05) is 0 Å². The second kappa shape index (κ2) is 24.6. The van der Waals surface area contributed by atoms with Crippen molar-refractivity contribution in [3.05, 3.63) is 350 Å². The van der Waals surface area contributed by atoms with Gasteiger partial charge in [-0.15, -0.1) is 0 Å². The van der Waals surface area contributed by atoms with Crippen LogP contribution in [0.3, 0.4) is 0 Å². The predicted molar refractivity (Wildman–Crippen MR) is 399 cm³/mol. The van der Waals surface area contributed by atoms with E-state index in [1.807, 2.05) is 109 Å². The standard InChI is InChI=1S/C90H54N8/c1-93-75-41-33-66(34-42-75)77-44-36-74(55-87(77)98-84-47-39-70(62-19-10-4-11-20-62)52-80(84)81-53-71(40-48-85(81)98)63-21-12-5-13-22-63)90-95-88(72-24-14-23-67(49-72)64-29-25-58(56-91)26-30-64)94-89(96-90)73-35-43-76(65-31-27-59(57-92)28-32-65)86(54-73)97-82-45-37-68(60-15-6-2-7-16-60)50-78(82)79-51-69(38-46-83(79)97)61-17-8-3-9-18-61/h2-55H. The molecule has 98 heavy (non-hydrogen) atoms. The Kier molecular flexibility index (Phi) is 14.5. The van der Waals surface area contributed by atoms with Gasteiger partial charge in [0.1, 0.15) is 0 Å². The Bertz CT molecular complexity index is 5580. The van der Waals surface area contributed by atoms with E-state index < -0.39 is 0 Å². The Hall–Kier alpha value is -13.8. The molecule has 454 valence electrons. The van der Waals surface area contributed by atoms with Gasteiger partial charge in [0.2, 0.25) is 0 Å². The minimum absolute atomic E-state index is 0.457. The van der Waals surface area contributed by atoms with Crippen molar-refractivity contribution in [3.63, 3.8) is 0 Å². The number of fused-ring (bicyclic) bond motifs is 6. The van der Waals surface area contributed by atoms with Gasteiger partial charge in [0.05, 0.1) is 63.3 Å². The van der Waals surface area contributed by atoms with E-state index in [1.54, 1.807) is 0 Å². The number of hydrogen-bond acceptors (Lipinski definition) is 5. The highest BCUT2D eigenvalue weighted by atomic mass is 15.0. The van der Waals surface area contributed by atoms with E-state index >= 15 is 0 Å². The molecular weight excluding hydrogens is 1190 g/mol. The summed E-state index contributed by atoms with van der Waals surface area (Å²) in [7, 11) is 0. The van der Waals surface area contributed by atoms with Gasteiger partial charge in [-0.05, 0) is 158 Å². The van der Waals surface area contributed by atoms with Crippen LogP contribution >= 0.6 is 0 Å². The number of nitriles is 2. The lowest BCUT2D eigenvalue weighted by molar-refractivity contribution is 1.07. The molecule has 0 saturated carbocycles. The smallest absolute Gasteiger partial charge is 0.187 e. The third-order valence-electron chi connectivity index (χ3n) is 18.7. The van der Waals surface area contributed by atoms with Crippen LogP contribution < -0.4 is 0 Å².